The molecule has 0 aliphatic rings. The Labute approximate surface area is 131 Å². The van der Waals surface area contributed by atoms with E-state index in [1.165, 1.54) is 22.1 Å². The fourth-order valence-electron chi connectivity index (χ4n) is 2.91. The van der Waals surface area contributed by atoms with Gasteiger partial charge in [0.1, 0.15) is 5.75 Å². The molecular weight excluding hydrogens is 272 g/mol. The highest BCUT2D eigenvalue weighted by atomic mass is 16.5. The van der Waals surface area contributed by atoms with Crippen molar-refractivity contribution >= 4 is 10.9 Å². The Morgan fingerprint density at radius 2 is 1.91 bits per heavy atom. The molecule has 1 unspecified atom stereocenters. The molecule has 0 spiro atoms. The highest BCUT2D eigenvalue weighted by Gasteiger charge is 2.15. The van der Waals surface area contributed by atoms with E-state index in [1.54, 1.807) is 7.11 Å². The highest BCUT2D eigenvalue weighted by Crippen LogP contribution is 2.30. The zero-order chi connectivity index (χ0) is 15.5. The van der Waals surface area contributed by atoms with Gasteiger partial charge in [-0.25, -0.2) is 0 Å². The Morgan fingerprint density at radius 3 is 2.59 bits per heavy atom. The van der Waals surface area contributed by atoms with E-state index < -0.39 is 0 Å². The van der Waals surface area contributed by atoms with Gasteiger partial charge in [0.15, 0.2) is 0 Å². The van der Waals surface area contributed by atoms with Crippen molar-refractivity contribution in [3.8, 4) is 5.75 Å². The molecule has 0 aliphatic heterocycles. The Kier molecular flexibility index (Phi) is 4.16. The number of nitrogens with two attached hydrogens (primary N) is 1. The number of aromatic amines is 1. The molecule has 3 aromatic rings. The van der Waals surface area contributed by atoms with Gasteiger partial charge in [0.2, 0.25) is 0 Å². The van der Waals surface area contributed by atoms with E-state index >= 15 is 0 Å². The van der Waals surface area contributed by atoms with Gasteiger partial charge in [0, 0.05) is 23.0 Å². The van der Waals surface area contributed by atoms with Crippen LogP contribution >= 0.6 is 0 Å². The van der Waals surface area contributed by atoms with Crippen LogP contribution < -0.4 is 10.5 Å². The number of ether oxygens (including phenoxy) is 1. The van der Waals surface area contributed by atoms with Crippen LogP contribution in [0.25, 0.3) is 10.9 Å². The number of rotatable bonds is 5. The third-order valence-electron chi connectivity index (χ3n) is 4.25. The molecule has 3 nitrogen and oxygen atoms in total. The second kappa shape index (κ2) is 6.24. The molecule has 0 fully saturated rings. The van der Waals surface area contributed by atoms with Gasteiger partial charge in [0.25, 0.3) is 0 Å². The van der Waals surface area contributed by atoms with Crippen molar-refractivity contribution in [1.29, 1.82) is 0 Å². The minimum atomic E-state index is 0.295. The largest absolute Gasteiger partial charge is 0.497 e. The lowest BCUT2D eigenvalue weighted by Gasteiger charge is -2.15. The van der Waals surface area contributed by atoms with E-state index in [4.69, 9.17) is 10.5 Å². The summed E-state index contributed by atoms with van der Waals surface area (Å²) < 4.78 is 5.35. The maximum Gasteiger partial charge on any atom is 0.119 e. The zero-order valence-corrected chi connectivity index (χ0v) is 13.1. The number of aryl methyl sites for hydroxylation is 1. The molecule has 3 heteroatoms. The number of fused-ring (bicyclic) bond motifs is 1. The summed E-state index contributed by atoms with van der Waals surface area (Å²) in [7, 11) is 1.69. The molecule has 0 radical (unpaired) electrons. The van der Waals surface area contributed by atoms with Gasteiger partial charge in [-0.05, 0) is 49.2 Å². The van der Waals surface area contributed by atoms with Crippen LogP contribution in [0.1, 0.15) is 22.6 Å². The number of hydrogen-bond acceptors (Lipinski definition) is 2. The third-order valence-corrected chi connectivity index (χ3v) is 4.25. The second-order valence-corrected chi connectivity index (χ2v) is 5.78. The predicted octanol–water partition coefficient (Wildman–Crippen LogP) is 3.77. The summed E-state index contributed by atoms with van der Waals surface area (Å²) in [4.78, 5) is 3.34. The van der Waals surface area contributed by atoms with Gasteiger partial charge in [0.05, 0.1) is 7.11 Å². The van der Waals surface area contributed by atoms with Crippen LogP contribution in [-0.4, -0.2) is 18.6 Å². The van der Waals surface area contributed by atoms with Gasteiger partial charge in [-0.1, -0.05) is 29.8 Å². The SMILES string of the molecule is COc1ccc2[nH]cc(C(CN)Cc3ccc(C)cc3)c2c1. The van der Waals surface area contributed by atoms with Crippen molar-refractivity contribution in [2.45, 2.75) is 19.3 Å². The normalized spacial score (nSPS) is 12.5. The van der Waals surface area contributed by atoms with Crippen LogP contribution in [0.4, 0.5) is 0 Å². The first-order chi connectivity index (χ1) is 10.7. The Hall–Kier alpha value is -2.26. The first-order valence-corrected chi connectivity index (χ1v) is 7.62. The molecule has 0 bridgehead atoms. The minimum Gasteiger partial charge on any atom is -0.497 e. The number of benzene rings is 2. The fourth-order valence-corrected chi connectivity index (χ4v) is 2.91. The number of methoxy groups -OCH3 is 1. The van der Waals surface area contributed by atoms with Crippen LogP contribution in [-0.2, 0) is 6.42 Å². The maximum absolute atomic E-state index is 6.06. The monoisotopic (exact) mass is 294 g/mol. The van der Waals surface area contributed by atoms with Crippen LogP contribution in [0.3, 0.4) is 0 Å². The first-order valence-electron chi connectivity index (χ1n) is 7.62. The minimum absolute atomic E-state index is 0.295. The molecule has 1 aromatic heterocycles. The molecule has 3 rings (SSSR count). The first kappa shape index (κ1) is 14.7. The van der Waals surface area contributed by atoms with Gasteiger partial charge in [-0.15, -0.1) is 0 Å². The molecule has 22 heavy (non-hydrogen) atoms. The van der Waals surface area contributed by atoms with Gasteiger partial charge >= 0.3 is 0 Å². The van der Waals surface area contributed by atoms with E-state index in [2.05, 4.69) is 54.5 Å². The molecule has 0 aliphatic carbocycles. The summed E-state index contributed by atoms with van der Waals surface area (Å²) in [5.74, 6) is 1.17. The van der Waals surface area contributed by atoms with Gasteiger partial charge in [-0.3, -0.25) is 0 Å². The van der Waals surface area contributed by atoms with E-state index in [0.29, 0.717) is 12.5 Å². The standard InChI is InChI=1S/C19H22N2O/c1-13-3-5-14(6-4-13)9-15(11-20)18-12-21-19-8-7-16(22-2)10-17(18)19/h3-8,10,12,15,21H,9,11,20H2,1-2H3. The van der Waals surface area contributed by atoms with Crippen molar-refractivity contribution in [1.82, 2.24) is 4.98 Å². The Bertz CT molecular complexity index is 759. The zero-order valence-electron chi connectivity index (χ0n) is 13.1. The molecule has 0 saturated carbocycles. The lowest BCUT2D eigenvalue weighted by atomic mass is 9.91. The average Bonchev–Trinajstić information content (AvgIpc) is 2.97. The quantitative estimate of drug-likeness (QED) is 0.752. The number of H-pyrrole nitrogens is 1. The van der Waals surface area contributed by atoms with E-state index in [1.807, 2.05) is 6.07 Å². The molecular formula is C19H22N2O. The molecule has 1 atom stereocenters. The van der Waals surface area contributed by atoms with Gasteiger partial charge < -0.3 is 15.5 Å². The Balaban J connectivity index is 1.94. The maximum atomic E-state index is 6.06. The van der Waals surface area contributed by atoms with Crippen molar-refractivity contribution < 1.29 is 4.74 Å². The number of hydrogen-bond donors (Lipinski definition) is 2. The second-order valence-electron chi connectivity index (χ2n) is 5.78. The van der Waals surface area contributed by atoms with Crippen LogP contribution in [0.2, 0.25) is 0 Å². The smallest absolute Gasteiger partial charge is 0.119 e. The Morgan fingerprint density at radius 1 is 1.14 bits per heavy atom. The van der Waals surface area contributed by atoms with E-state index in [9.17, 15) is 0 Å². The molecule has 0 saturated heterocycles. The fraction of sp³-hybridized carbons (Fsp3) is 0.263. The number of aromatic nitrogens is 1. The van der Waals surface area contributed by atoms with Gasteiger partial charge in [-0.2, -0.15) is 0 Å². The van der Waals surface area contributed by atoms with Crippen molar-refractivity contribution in [2.24, 2.45) is 5.73 Å². The molecule has 1 heterocycles. The summed E-state index contributed by atoms with van der Waals surface area (Å²) in [5, 5.41) is 1.20. The predicted molar refractivity (Wildman–Crippen MR) is 91.5 cm³/mol. The molecule has 2 aromatic carbocycles. The third kappa shape index (κ3) is 2.85. The van der Waals surface area contributed by atoms with Crippen LogP contribution in [0, 0.1) is 6.92 Å². The molecule has 0 amide bonds. The van der Waals surface area contributed by atoms with Crippen molar-refractivity contribution in [3.05, 3.63) is 65.4 Å². The average molecular weight is 294 g/mol. The topological polar surface area (TPSA) is 51.0 Å². The molecule has 114 valence electrons. The van der Waals surface area contributed by atoms with Crippen LogP contribution in [0.15, 0.2) is 48.7 Å². The number of nitrogens with one attached hydrogen (secondary N) is 1. The van der Waals surface area contributed by atoms with Crippen LogP contribution in [0.5, 0.6) is 5.75 Å². The summed E-state index contributed by atoms with van der Waals surface area (Å²) in [6.07, 6.45) is 3.02. The summed E-state index contributed by atoms with van der Waals surface area (Å²) in [5.41, 5.74) is 11.0. The van der Waals surface area contributed by atoms with E-state index in [-0.39, 0.29) is 0 Å². The van der Waals surface area contributed by atoms with Crippen molar-refractivity contribution in [2.75, 3.05) is 13.7 Å². The van der Waals surface area contributed by atoms with E-state index in [0.717, 1.165) is 17.7 Å². The van der Waals surface area contributed by atoms with Crippen molar-refractivity contribution in [3.63, 3.8) is 0 Å². The summed E-state index contributed by atoms with van der Waals surface area (Å²) >= 11 is 0. The summed E-state index contributed by atoms with van der Waals surface area (Å²) in [6.45, 7) is 2.73. The lowest BCUT2D eigenvalue weighted by molar-refractivity contribution is 0.415. The summed E-state index contributed by atoms with van der Waals surface area (Å²) in [6, 6.07) is 14.8. The molecule has 3 N–H and O–H groups in total. The lowest BCUT2D eigenvalue weighted by Crippen LogP contribution is -2.14. The highest BCUT2D eigenvalue weighted by molar-refractivity contribution is 5.85.